The van der Waals surface area contributed by atoms with Gasteiger partial charge in [0, 0.05) is 16.1 Å². The molecule has 17 heavy (non-hydrogen) atoms. The minimum absolute atomic E-state index is 0.291. The number of benzene rings is 1. The summed E-state index contributed by atoms with van der Waals surface area (Å²) in [5.74, 6) is -0.291. The van der Waals surface area contributed by atoms with Gasteiger partial charge in [0.15, 0.2) is 5.13 Å². The van der Waals surface area contributed by atoms with E-state index >= 15 is 0 Å². The number of thiazole rings is 1. The number of hydrogen-bond donors (Lipinski definition) is 1. The second-order valence-electron chi connectivity index (χ2n) is 3.35. The van der Waals surface area contributed by atoms with Gasteiger partial charge in [0.1, 0.15) is 0 Å². The van der Waals surface area contributed by atoms with E-state index in [-0.39, 0.29) is 5.91 Å². The normalized spacial score (nSPS) is 10.3. The Labute approximate surface area is 112 Å². The number of aryl methyl sites for hydroxylation is 1. The van der Waals surface area contributed by atoms with Gasteiger partial charge in [-0.2, -0.15) is 0 Å². The molecule has 0 aliphatic heterocycles. The molecule has 0 radical (unpaired) electrons. The molecule has 1 heterocycles. The molecular weight excluding hydrogens is 279 g/mol. The van der Waals surface area contributed by atoms with Crippen molar-refractivity contribution in [2.24, 2.45) is 0 Å². The van der Waals surface area contributed by atoms with E-state index in [1.54, 1.807) is 18.3 Å². The quantitative estimate of drug-likeness (QED) is 0.906. The predicted octanol–water partition coefficient (Wildman–Crippen LogP) is 4.01. The zero-order valence-corrected chi connectivity index (χ0v) is 11.2. The van der Waals surface area contributed by atoms with Crippen molar-refractivity contribution in [3.63, 3.8) is 0 Å². The first-order valence-corrected chi connectivity index (χ1v) is 6.32. The Balaban J connectivity index is 2.20. The average Bonchev–Trinajstić information content (AvgIpc) is 2.63. The largest absolute Gasteiger partial charge is 0.298 e. The summed E-state index contributed by atoms with van der Waals surface area (Å²) in [7, 11) is 0. The number of hydrogen-bond acceptors (Lipinski definition) is 3. The van der Waals surface area contributed by atoms with Gasteiger partial charge < -0.3 is 0 Å². The number of aromatic nitrogens is 1. The number of carbonyl (C=O) groups is 1. The van der Waals surface area contributed by atoms with E-state index in [4.69, 9.17) is 23.2 Å². The lowest BCUT2D eigenvalue weighted by Crippen LogP contribution is -2.12. The molecule has 6 heteroatoms. The molecule has 0 aliphatic rings. The van der Waals surface area contributed by atoms with E-state index in [2.05, 4.69) is 10.3 Å². The van der Waals surface area contributed by atoms with E-state index in [1.807, 2.05) is 6.92 Å². The molecule has 0 atom stereocenters. The van der Waals surface area contributed by atoms with E-state index in [0.29, 0.717) is 20.7 Å². The molecule has 3 nitrogen and oxygen atoms in total. The van der Waals surface area contributed by atoms with Crippen molar-refractivity contribution >= 4 is 45.6 Å². The van der Waals surface area contributed by atoms with Crippen LogP contribution in [-0.2, 0) is 0 Å². The van der Waals surface area contributed by atoms with Gasteiger partial charge in [0.2, 0.25) is 0 Å². The van der Waals surface area contributed by atoms with Gasteiger partial charge in [-0.15, -0.1) is 11.3 Å². The summed E-state index contributed by atoms with van der Waals surface area (Å²) in [6.45, 7) is 1.92. The third-order valence-corrected chi connectivity index (χ3v) is 3.39. The van der Waals surface area contributed by atoms with Crippen LogP contribution in [0.5, 0.6) is 0 Å². The molecule has 0 aliphatic carbocycles. The lowest BCUT2D eigenvalue weighted by atomic mass is 10.2. The van der Waals surface area contributed by atoms with Crippen LogP contribution < -0.4 is 5.32 Å². The maximum absolute atomic E-state index is 11.9. The Morgan fingerprint density at radius 3 is 2.76 bits per heavy atom. The highest BCUT2D eigenvalue weighted by Crippen LogP contribution is 2.23. The zero-order chi connectivity index (χ0) is 12.4. The SMILES string of the molecule is Cc1cnc(NC(=O)c2ccc(Cl)cc2Cl)s1. The van der Waals surface area contributed by atoms with Crippen molar-refractivity contribution in [2.45, 2.75) is 6.92 Å². The first-order valence-electron chi connectivity index (χ1n) is 4.75. The molecule has 0 fully saturated rings. The van der Waals surface area contributed by atoms with Crippen molar-refractivity contribution < 1.29 is 4.79 Å². The second kappa shape index (κ2) is 5.04. The monoisotopic (exact) mass is 286 g/mol. The van der Waals surface area contributed by atoms with Crippen LogP contribution >= 0.6 is 34.5 Å². The highest BCUT2D eigenvalue weighted by atomic mass is 35.5. The molecule has 0 saturated heterocycles. The van der Waals surface area contributed by atoms with Crippen LogP contribution in [-0.4, -0.2) is 10.9 Å². The van der Waals surface area contributed by atoms with Crippen LogP contribution in [0.15, 0.2) is 24.4 Å². The Morgan fingerprint density at radius 2 is 2.18 bits per heavy atom. The van der Waals surface area contributed by atoms with Gasteiger partial charge in [0.05, 0.1) is 10.6 Å². The predicted molar refractivity (Wildman–Crippen MR) is 71.3 cm³/mol. The molecule has 1 amide bonds. The number of amides is 1. The molecular formula is C11H8Cl2N2OS. The number of carbonyl (C=O) groups excluding carboxylic acids is 1. The van der Waals surface area contributed by atoms with Crippen molar-refractivity contribution in [2.75, 3.05) is 5.32 Å². The highest BCUT2D eigenvalue weighted by molar-refractivity contribution is 7.15. The molecule has 2 aromatic rings. The molecule has 0 spiro atoms. The van der Waals surface area contributed by atoms with Crippen LogP contribution in [0.1, 0.15) is 15.2 Å². The summed E-state index contributed by atoms with van der Waals surface area (Å²) in [5.41, 5.74) is 0.379. The molecule has 2 rings (SSSR count). The Bertz CT molecular complexity index is 568. The van der Waals surface area contributed by atoms with Crippen molar-refractivity contribution in [3.8, 4) is 0 Å². The zero-order valence-electron chi connectivity index (χ0n) is 8.83. The minimum atomic E-state index is -0.291. The van der Waals surface area contributed by atoms with Crippen LogP contribution in [0.3, 0.4) is 0 Å². The topological polar surface area (TPSA) is 42.0 Å². The summed E-state index contributed by atoms with van der Waals surface area (Å²) in [6, 6.07) is 4.74. The lowest BCUT2D eigenvalue weighted by Gasteiger charge is -2.04. The molecule has 1 aromatic heterocycles. The first kappa shape index (κ1) is 12.4. The number of anilines is 1. The van der Waals surface area contributed by atoms with Gasteiger partial charge in [-0.3, -0.25) is 10.1 Å². The first-order chi connectivity index (χ1) is 8.06. The molecule has 0 bridgehead atoms. The number of rotatable bonds is 2. The van der Waals surface area contributed by atoms with Gasteiger partial charge in [-0.25, -0.2) is 4.98 Å². The van der Waals surface area contributed by atoms with Gasteiger partial charge >= 0.3 is 0 Å². The van der Waals surface area contributed by atoms with E-state index in [9.17, 15) is 4.79 Å². The summed E-state index contributed by atoms with van der Waals surface area (Å²) in [5, 5.41) is 4.05. The van der Waals surface area contributed by atoms with Crippen molar-refractivity contribution in [3.05, 3.63) is 44.9 Å². The third-order valence-electron chi connectivity index (χ3n) is 2.02. The molecule has 88 valence electrons. The van der Waals surface area contributed by atoms with Crippen molar-refractivity contribution in [1.29, 1.82) is 0 Å². The summed E-state index contributed by atoms with van der Waals surface area (Å²) in [4.78, 5) is 17.0. The minimum Gasteiger partial charge on any atom is -0.298 e. The van der Waals surface area contributed by atoms with E-state index in [0.717, 1.165) is 4.88 Å². The Morgan fingerprint density at radius 1 is 1.41 bits per heavy atom. The summed E-state index contributed by atoms with van der Waals surface area (Å²) >= 11 is 13.1. The maximum Gasteiger partial charge on any atom is 0.258 e. The Hall–Kier alpha value is -1.10. The fraction of sp³-hybridized carbons (Fsp3) is 0.0909. The van der Waals surface area contributed by atoms with Gasteiger partial charge in [-0.05, 0) is 25.1 Å². The van der Waals surface area contributed by atoms with Gasteiger partial charge in [-0.1, -0.05) is 23.2 Å². The van der Waals surface area contributed by atoms with Crippen LogP contribution in [0, 0.1) is 6.92 Å². The molecule has 1 aromatic carbocycles. The Kier molecular flexibility index (Phi) is 3.66. The fourth-order valence-electron chi connectivity index (χ4n) is 1.25. The van der Waals surface area contributed by atoms with Crippen LogP contribution in [0.25, 0.3) is 0 Å². The lowest BCUT2D eigenvalue weighted by molar-refractivity contribution is 0.102. The van der Waals surface area contributed by atoms with Crippen LogP contribution in [0.2, 0.25) is 10.0 Å². The number of nitrogens with one attached hydrogen (secondary N) is 1. The van der Waals surface area contributed by atoms with Gasteiger partial charge in [0.25, 0.3) is 5.91 Å². The fourth-order valence-corrected chi connectivity index (χ4v) is 2.40. The maximum atomic E-state index is 11.9. The standard InChI is InChI=1S/C11H8Cl2N2OS/c1-6-5-14-11(17-6)15-10(16)8-3-2-7(12)4-9(8)13/h2-5H,1H3,(H,14,15,16). The number of nitrogens with zero attached hydrogens (tertiary/aromatic N) is 1. The van der Waals surface area contributed by atoms with E-state index in [1.165, 1.54) is 17.4 Å². The van der Waals surface area contributed by atoms with Crippen LogP contribution in [0.4, 0.5) is 5.13 Å². The van der Waals surface area contributed by atoms with Crippen molar-refractivity contribution in [1.82, 2.24) is 4.98 Å². The molecule has 0 unspecified atom stereocenters. The summed E-state index contributed by atoms with van der Waals surface area (Å²) in [6.07, 6.45) is 1.70. The number of halogens is 2. The summed E-state index contributed by atoms with van der Waals surface area (Å²) < 4.78 is 0. The molecule has 1 N–H and O–H groups in total. The molecule has 0 saturated carbocycles. The second-order valence-corrected chi connectivity index (χ2v) is 5.43. The average molecular weight is 287 g/mol. The highest BCUT2D eigenvalue weighted by Gasteiger charge is 2.12. The smallest absolute Gasteiger partial charge is 0.258 e. The van der Waals surface area contributed by atoms with E-state index < -0.39 is 0 Å². The third kappa shape index (κ3) is 2.97.